The quantitative estimate of drug-likeness (QED) is 0.827. The molecule has 2 fully saturated rings. The van der Waals surface area contributed by atoms with Crippen LogP contribution in [0.1, 0.15) is 44.9 Å². The van der Waals surface area contributed by atoms with Crippen LogP contribution in [-0.2, 0) is 9.53 Å². The highest BCUT2D eigenvalue weighted by Gasteiger charge is 2.24. The minimum atomic E-state index is 0.166. The third-order valence-corrected chi connectivity index (χ3v) is 4.64. The molecule has 4 nitrogen and oxygen atoms in total. The van der Waals surface area contributed by atoms with Gasteiger partial charge in [0.2, 0.25) is 5.91 Å². The minimum absolute atomic E-state index is 0.166. The molecule has 2 unspecified atom stereocenters. The number of carbonyl (C=O) groups excluding carboxylic acids is 1. The molecule has 19 heavy (non-hydrogen) atoms. The molecule has 2 aliphatic rings. The average Bonchev–Trinajstić information content (AvgIpc) is 2.48. The lowest BCUT2D eigenvalue weighted by Crippen LogP contribution is -2.38. The molecule has 2 N–H and O–H groups in total. The molecule has 0 aromatic rings. The fourth-order valence-electron chi connectivity index (χ4n) is 3.35. The standard InChI is InChI=1S/C15H28N2O2/c16-10-13-6-2-3-7-14(13)11-19-12-15(18)17-8-4-1-5-9-17/h13-14H,1-12,16H2. The van der Waals surface area contributed by atoms with Crippen LogP contribution in [0.4, 0.5) is 0 Å². The van der Waals surface area contributed by atoms with Crippen molar-refractivity contribution in [2.24, 2.45) is 17.6 Å². The minimum Gasteiger partial charge on any atom is -0.371 e. The van der Waals surface area contributed by atoms with E-state index in [-0.39, 0.29) is 12.5 Å². The Morgan fingerprint density at radius 2 is 1.74 bits per heavy atom. The van der Waals surface area contributed by atoms with Crippen LogP contribution in [-0.4, -0.2) is 43.7 Å². The molecule has 0 aromatic carbocycles. The Morgan fingerprint density at radius 3 is 2.42 bits per heavy atom. The smallest absolute Gasteiger partial charge is 0.248 e. The summed E-state index contributed by atoms with van der Waals surface area (Å²) in [6.45, 7) is 3.55. The van der Waals surface area contributed by atoms with Gasteiger partial charge < -0.3 is 15.4 Å². The summed E-state index contributed by atoms with van der Waals surface area (Å²) < 4.78 is 5.67. The van der Waals surface area contributed by atoms with E-state index in [9.17, 15) is 4.79 Å². The van der Waals surface area contributed by atoms with Crippen LogP contribution in [0, 0.1) is 11.8 Å². The van der Waals surface area contributed by atoms with Gasteiger partial charge >= 0.3 is 0 Å². The molecular weight excluding hydrogens is 240 g/mol. The Morgan fingerprint density at radius 1 is 1.05 bits per heavy atom. The number of nitrogens with two attached hydrogens (primary N) is 1. The zero-order valence-electron chi connectivity index (χ0n) is 12.0. The molecular formula is C15H28N2O2. The summed E-state index contributed by atoms with van der Waals surface area (Å²) in [7, 11) is 0. The first kappa shape index (κ1) is 14.8. The Kier molecular flexibility index (Phi) is 6.11. The summed E-state index contributed by atoms with van der Waals surface area (Å²) in [4.78, 5) is 13.9. The molecule has 1 amide bonds. The molecule has 1 saturated heterocycles. The number of piperidine rings is 1. The van der Waals surface area contributed by atoms with E-state index in [1.54, 1.807) is 0 Å². The van der Waals surface area contributed by atoms with E-state index in [1.165, 1.54) is 32.1 Å². The maximum atomic E-state index is 12.0. The van der Waals surface area contributed by atoms with E-state index in [2.05, 4.69) is 0 Å². The third kappa shape index (κ3) is 4.46. The number of amides is 1. The average molecular weight is 268 g/mol. The molecule has 1 saturated carbocycles. The van der Waals surface area contributed by atoms with Crippen molar-refractivity contribution in [2.45, 2.75) is 44.9 Å². The molecule has 0 spiro atoms. The van der Waals surface area contributed by atoms with Gasteiger partial charge in [-0.3, -0.25) is 4.79 Å². The zero-order chi connectivity index (χ0) is 13.5. The van der Waals surface area contributed by atoms with Crippen LogP contribution in [0.3, 0.4) is 0 Å². The summed E-state index contributed by atoms with van der Waals surface area (Å²) in [5.41, 5.74) is 5.81. The molecule has 2 atom stereocenters. The van der Waals surface area contributed by atoms with Crippen molar-refractivity contribution in [2.75, 3.05) is 32.8 Å². The fourth-order valence-corrected chi connectivity index (χ4v) is 3.35. The van der Waals surface area contributed by atoms with Gasteiger partial charge in [-0.25, -0.2) is 0 Å². The van der Waals surface area contributed by atoms with Gasteiger partial charge in [-0.2, -0.15) is 0 Å². The first-order valence-electron chi connectivity index (χ1n) is 7.87. The van der Waals surface area contributed by atoms with Gasteiger partial charge in [-0.1, -0.05) is 12.8 Å². The summed E-state index contributed by atoms with van der Waals surface area (Å²) in [5, 5.41) is 0. The summed E-state index contributed by atoms with van der Waals surface area (Å²) in [5.74, 6) is 1.33. The van der Waals surface area contributed by atoms with Crippen molar-refractivity contribution in [3.63, 3.8) is 0 Å². The largest absolute Gasteiger partial charge is 0.371 e. The maximum Gasteiger partial charge on any atom is 0.248 e. The third-order valence-electron chi connectivity index (χ3n) is 4.64. The lowest BCUT2D eigenvalue weighted by molar-refractivity contribution is -0.137. The second-order valence-electron chi connectivity index (χ2n) is 6.00. The molecule has 1 aliphatic carbocycles. The van der Waals surface area contributed by atoms with Crippen LogP contribution >= 0.6 is 0 Å². The van der Waals surface area contributed by atoms with Crippen molar-refractivity contribution < 1.29 is 9.53 Å². The molecule has 2 rings (SSSR count). The van der Waals surface area contributed by atoms with Crippen molar-refractivity contribution >= 4 is 5.91 Å². The molecule has 1 aliphatic heterocycles. The van der Waals surface area contributed by atoms with E-state index in [0.717, 1.165) is 32.5 Å². The van der Waals surface area contributed by atoms with E-state index in [0.29, 0.717) is 18.4 Å². The number of ether oxygens (including phenoxy) is 1. The fraction of sp³-hybridized carbons (Fsp3) is 0.933. The Balaban J connectivity index is 1.65. The second-order valence-corrected chi connectivity index (χ2v) is 6.00. The van der Waals surface area contributed by atoms with Crippen molar-refractivity contribution in [1.29, 1.82) is 0 Å². The number of hydrogen-bond acceptors (Lipinski definition) is 3. The zero-order valence-corrected chi connectivity index (χ0v) is 12.0. The van der Waals surface area contributed by atoms with Gasteiger partial charge in [0.05, 0.1) is 6.61 Å². The number of rotatable bonds is 5. The van der Waals surface area contributed by atoms with Crippen LogP contribution in [0.5, 0.6) is 0 Å². The van der Waals surface area contributed by atoms with Crippen molar-refractivity contribution in [1.82, 2.24) is 4.90 Å². The normalized spacial score (nSPS) is 28.4. The Bertz CT molecular complexity index is 277. The van der Waals surface area contributed by atoms with Gasteiger partial charge in [0.1, 0.15) is 6.61 Å². The monoisotopic (exact) mass is 268 g/mol. The predicted molar refractivity (Wildman–Crippen MR) is 75.8 cm³/mol. The topological polar surface area (TPSA) is 55.6 Å². The molecule has 0 bridgehead atoms. The lowest BCUT2D eigenvalue weighted by atomic mass is 9.80. The van der Waals surface area contributed by atoms with Gasteiger partial charge in [0.15, 0.2) is 0 Å². The summed E-state index contributed by atoms with van der Waals surface area (Å²) in [6.07, 6.45) is 8.55. The lowest BCUT2D eigenvalue weighted by Gasteiger charge is -2.31. The van der Waals surface area contributed by atoms with E-state index >= 15 is 0 Å². The maximum absolute atomic E-state index is 12.0. The van der Waals surface area contributed by atoms with Crippen LogP contribution in [0.15, 0.2) is 0 Å². The van der Waals surface area contributed by atoms with E-state index in [1.807, 2.05) is 4.90 Å². The Labute approximate surface area is 116 Å². The van der Waals surface area contributed by atoms with Gasteiger partial charge in [0.25, 0.3) is 0 Å². The van der Waals surface area contributed by atoms with Crippen LogP contribution < -0.4 is 5.73 Å². The van der Waals surface area contributed by atoms with Crippen LogP contribution in [0.25, 0.3) is 0 Å². The van der Waals surface area contributed by atoms with Crippen molar-refractivity contribution in [3.05, 3.63) is 0 Å². The van der Waals surface area contributed by atoms with E-state index in [4.69, 9.17) is 10.5 Å². The first-order chi connectivity index (χ1) is 9.31. The summed E-state index contributed by atoms with van der Waals surface area (Å²) >= 11 is 0. The Hall–Kier alpha value is -0.610. The summed E-state index contributed by atoms with van der Waals surface area (Å²) in [6, 6.07) is 0. The number of hydrogen-bond donors (Lipinski definition) is 1. The molecule has 110 valence electrons. The van der Waals surface area contributed by atoms with Crippen molar-refractivity contribution in [3.8, 4) is 0 Å². The molecule has 0 aromatic heterocycles. The van der Waals surface area contributed by atoms with Gasteiger partial charge in [-0.05, 0) is 50.5 Å². The molecule has 0 radical (unpaired) electrons. The highest BCUT2D eigenvalue weighted by atomic mass is 16.5. The van der Waals surface area contributed by atoms with E-state index < -0.39 is 0 Å². The number of carbonyl (C=O) groups is 1. The number of likely N-dealkylation sites (tertiary alicyclic amines) is 1. The molecule has 4 heteroatoms. The molecule has 1 heterocycles. The number of nitrogens with zero attached hydrogens (tertiary/aromatic N) is 1. The SMILES string of the molecule is NCC1CCCCC1COCC(=O)N1CCCCC1. The van der Waals surface area contributed by atoms with Crippen LogP contribution in [0.2, 0.25) is 0 Å². The van der Waals surface area contributed by atoms with Gasteiger partial charge in [0, 0.05) is 13.1 Å². The first-order valence-corrected chi connectivity index (χ1v) is 7.87. The highest BCUT2D eigenvalue weighted by Crippen LogP contribution is 2.29. The predicted octanol–water partition coefficient (Wildman–Crippen LogP) is 1.78. The highest BCUT2D eigenvalue weighted by molar-refractivity contribution is 5.77. The second kappa shape index (κ2) is 7.85. The van der Waals surface area contributed by atoms with Gasteiger partial charge in [-0.15, -0.1) is 0 Å².